The van der Waals surface area contributed by atoms with Gasteiger partial charge in [-0.25, -0.2) is 0 Å². The van der Waals surface area contributed by atoms with Gasteiger partial charge in [-0.1, -0.05) is 13.8 Å². The van der Waals surface area contributed by atoms with Crippen LogP contribution in [0.15, 0.2) is 18.2 Å². The molecular formula is C10H14FNO4. The van der Waals surface area contributed by atoms with E-state index in [2.05, 4.69) is 0 Å². The minimum absolute atomic E-state index is 0.0862. The van der Waals surface area contributed by atoms with E-state index in [-0.39, 0.29) is 5.56 Å². The Kier molecular flexibility index (Phi) is 10.1. The summed E-state index contributed by atoms with van der Waals surface area (Å²) in [7, 11) is 1.00. The van der Waals surface area contributed by atoms with Crippen molar-refractivity contribution in [3.05, 3.63) is 39.7 Å². The average Bonchev–Trinajstić information content (AvgIpc) is 2.34. The van der Waals surface area contributed by atoms with E-state index in [0.29, 0.717) is 6.29 Å². The maximum Gasteiger partial charge on any atom is 0.305 e. The zero-order valence-electron chi connectivity index (χ0n) is 9.31. The number of halogens is 1. The van der Waals surface area contributed by atoms with Crippen LogP contribution in [-0.4, -0.2) is 23.4 Å². The van der Waals surface area contributed by atoms with Gasteiger partial charge in [-0.05, 0) is 12.1 Å². The first-order chi connectivity index (χ1) is 7.65. The number of rotatable bonds is 2. The first-order valence-electron chi connectivity index (χ1n) is 4.49. The highest BCUT2D eigenvalue weighted by molar-refractivity contribution is 5.76. The number of aliphatic hydroxyl groups excluding tert-OH is 1. The molecule has 0 fully saturated rings. The second kappa shape index (κ2) is 9.72. The smallest absolute Gasteiger partial charge is 0.305 e. The van der Waals surface area contributed by atoms with E-state index in [4.69, 9.17) is 5.11 Å². The minimum atomic E-state index is -0.939. The summed E-state index contributed by atoms with van der Waals surface area (Å²) in [5.41, 5.74) is -0.595. The van der Waals surface area contributed by atoms with Gasteiger partial charge in [-0.2, -0.15) is 4.39 Å². The number of aldehydes is 1. The molecule has 0 saturated heterocycles. The van der Waals surface area contributed by atoms with Crippen molar-refractivity contribution in [1.29, 1.82) is 0 Å². The van der Waals surface area contributed by atoms with E-state index >= 15 is 0 Å². The molecule has 0 aliphatic rings. The summed E-state index contributed by atoms with van der Waals surface area (Å²) in [6.07, 6.45) is 0.423. The number of carbonyl (C=O) groups excluding carboxylic acids is 1. The van der Waals surface area contributed by atoms with Gasteiger partial charge in [0.25, 0.3) is 0 Å². The van der Waals surface area contributed by atoms with Crippen molar-refractivity contribution < 1.29 is 19.2 Å². The van der Waals surface area contributed by atoms with Crippen LogP contribution in [0.1, 0.15) is 24.2 Å². The molecule has 0 amide bonds. The van der Waals surface area contributed by atoms with Gasteiger partial charge in [0.05, 0.1) is 4.92 Å². The lowest BCUT2D eigenvalue weighted by Crippen LogP contribution is -1.93. The van der Waals surface area contributed by atoms with Crippen molar-refractivity contribution in [2.45, 2.75) is 13.8 Å². The third-order valence-corrected chi connectivity index (χ3v) is 1.30. The Morgan fingerprint density at radius 2 is 1.88 bits per heavy atom. The normalized spacial score (nSPS) is 7.81. The second-order valence-corrected chi connectivity index (χ2v) is 2.09. The van der Waals surface area contributed by atoms with Gasteiger partial charge in [0, 0.05) is 18.7 Å². The van der Waals surface area contributed by atoms with Crippen molar-refractivity contribution in [2.24, 2.45) is 0 Å². The van der Waals surface area contributed by atoms with Crippen LogP contribution in [0.4, 0.5) is 10.1 Å². The molecule has 0 aliphatic carbocycles. The first kappa shape index (κ1) is 16.6. The van der Waals surface area contributed by atoms with E-state index in [1.165, 1.54) is 6.07 Å². The SMILES string of the molecule is CC.CO.O=Cc1ccc(F)c([N+](=O)[O-])c1. The monoisotopic (exact) mass is 231 g/mol. The standard InChI is InChI=1S/C7H4FNO3.C2H6.CH4O/c8-6-2-1-5(4-10)3-7(6)9(11)12;2*1-2/h1-4H;1-2H3;2H,1H3. The van der Waals surface area contributed by atoms with Gasteiger partial charge in [0.1, 0.15) is 6.29 Å². The van der Waals surface area contributed by atoms with Crippen molar-refractivity contribution in [2.75, 3.05) is 7.11 Å². The molecule has 0 unspecified atom stereocenters. The van der Waals surface area contributed by atoms with Crippen LogP contribution in [0, 0.1) is 15.9 Å². The number of nitro groups is 1. The van der Waals surface area contributed by atoms with Crippen LogP contribution in [0.25, 0.3) is 0 Å². The number of aliphatic hydroxyl groups is 1. The fourth-order valence-electron chi connectivity index (χ4n) is 0.743. The van der Waals surface area contributed by atoms with E-state index < -0.39 is 16.4 Å². The maximum atomic E-state index is 12.6. The third kappa shape index (κ3) is 5.16. The molecule has 0 aromatic heterocycles. The Hall–Kier alpha value is -1.82. The van der Waals surface area contributed by atoms with Gasteiger partial charge in [-0.3, -0.25) is 14.9 Å². The quantitative estimate of drug-likeness (QED) is 0.480. The molecule has 6 heteroatoms. The molecule has 1 rings (SSSR count). The Morgan fingerprint density at radius 3 is 2.25 bits per heavy atom. The highest BCUT2D eigenvalue weighted by Crippen LogP contribution is 2.17. The molecule has 16 heavy (non-hydrogen) atoms. The predicted molar refractivity (Wildman–Crippen MR) is 57.9 cm³/mol. The lowest BCUT2D eigenvalue weighted by Gasteiger charge is -1.93. The zero-order valence-corrected chi connectivity index (χ0v) is 9.31. The summed E-state index contributed by atoms with van der Waals surface area (Å²) >= 11 is 0. The summed E-state index contributed by atoms with van der Waals surface area (Å²) in [5.74, 6) is -0.939. The number of hydrogen-bond donors (Lipinski definition) is 1. The van der Waals surface area contributed by atoms with Crippen molar-refractivity contribution in [3.8, 4) is 0 Å². The summed E-state index contributed by atoms with van der Waals surface area (Å²) in [6.45, 7) is 4.00. The summed E-state index contributed by atoms with van der Waals surface area (Å²) in [6, 6.07) is 2.96. The Bertz CT molecular complexity index is 342. The van der Waals surface area contributed by atoms with Crippen molar-refractivity contribution >= 4 is 12.0 Å². The lowest BCUT2D eigenvalue weighted by molar-refractivity contribution is -0.387. The number of nitrogens with zero attached hydrogens (tertiary/aromatic N) is 1. The Balaban J connectivity index is 0. The fraction of sp³-hybridized carbons (Fsp3) is 0.300. The van der Waals surface area contributed by atoms with Crippen molar-refractivity contribution in [3.63, 3.8) is 0 Å². The molecule has 1 aromatic carbocycles. The molecule has 5 nitrogen and oxygen atoms in total. The number of benzene rings is 1. The largest absolute Gasteiger partial charge is 0.400 e. The topological polar surface area (TPSA) is 80.4 Å². The molecular weight excluding hydrogens is 217 g/mol. The van der Waals surface area contributed by atoms with Crippen LogP contribution in [0.5, 0.6) is 0 Å². The van der Waals surface area contributed by atoms with Crippen molar-refractivity contribution in [1.82, 2.24) is 0 Å². The van der Waals surface area contributed by atoms with Crippen LogP contribution in [0.3, 0.4) is 0 Å². The molecule has 90 valence electrons. The van der Waals surface area contributed by atoms with Crippen LogP contribution in [0.2, 0.25) is 0 Å². The van der Waals surface area contributed by atoms with Gasteiger partial charge in [0.2, 0.25) is 5.82 Å². The second-order valence-electron chi connectivity index (χ2n) is 2.09. The van der Waals surface area contributed by atoms with Gasteiger partial charge >= 0.3 is 5.69 Å². The maximum absolute atomic E-state index is 12.6. The summed E-state index contributed by atoms with van der Waals surface area (Å²) in [4.78, 5) is 19.4. The van der Waals surface area contributed by atoms with Gasteiger partial charge in [-0.15, -0.1) is 0 Å². The molecule has 0 saturated carbocycles. The fourth-order valence-corrected chi connectivity index (χ4v) is 0.743. The highest BCUT2D eigenvalue weighted by Gasteiger charge is 2.13. The van der Waals surface area contributed by atoms with Crippen LogP contribution in [-0.2, 0) is 0 Å². The Labute approximate surface area is 92.7 Å². The van der Waals surface area contributed by atoms with Gasteiger partial charge < -0.3 is 5.11 Å². The molecule has 1 N–H and O–H groups in total. The molecule has 0 bridgehead atoms. The first-order valence-corrected chi connectivity index (χ1v) is 4.49. The lowest BCUT2D eigenvalue weighted by atomic mass is 10.2. The number of nitro benzene ring substituents is 1. The summed E-state index contributed by atoms with van der Waals surface area (Å²) < 4.78 is 12.6. The number of carbonyl (C=O) groups is 1. The molecule has 0 atom stereocenters. The number of hydrogen-bond acceptors (Lipinski definition) is 4. The molecule has 0 heterocycles. The van der Waals surface area contributed by atoms with Crippen LogP contribution < -0.4 is 0 Å². The van der Waals surface area contributed by atoms with E-state index in [0.717, 1.165) is 19.2 Å². The predicted octanol–water partition coefficient (Wildman–Crippen LogP) is 2.18. The van der Waals surface area contributed by atoms with E-state index in [1.807, 2.05) is 13.8 Å². The third-order valence-electron chi connectivity index (χ3n) is 1.30. The molecule has 0 aliphatic heterocycles. The van der Waals surface area contributed by atoms with Crippen LogP contribution >= 0.6 is 0 Å². The van der Waals surface area contributed by atoms with E-state index in [1.54, 1.807) is 0 Å². The summed E-state index contributed by atoms with van der Waals surface area (Å²) in [5, 5.41) is 17.1. The minimum Gasteiger partial charge on any atom is -0.400 e. The molecule has 0 spiro atoms. The average molecular weight is 231 g/mol. The zero-order chi connectivity index (χ0) is 13.1. The van der Waals surface area contributed by atoms with E-state index in [9.17, 15) is 19.3 Å². The molecule has 1 aromatic rings. The van der Waals surface area contributed by atoms with Gasteiger partial charge in [0.15, 0.2) is 0 Å². The molecule has 0 radical (unpaired) electrons. The highest BCUT2D eigenvalue weighted by atomic mass is 19.1. The Morgan fingerprint density at radius 1 is 1.38 bits per heavy atom.